The van der Waals surface area contributed by atoms with Crippen LogP contribution in [0.2, 0.25) is 10.0 Å². The lowest BCUT2D eigenvalue weighted by molar-refractivity contribution is -0.594. The molecule has 0 atom stereocenters. The number of pyridine rings is 1. The molecular weight excluding hydrogens is 373 g/mol. The summed E-state index contributed by atoms with van der Waals surface area (Å²) in [5, 5.41) is 3.38. The number of benzene rings is 2. The van der Waals surface area contributed by atoms with Gasteiger partial charge in [0.1, 0.15) is 10.8 Å². The lowest BCUT2D eigenvalue weighted by Gasteiger charge is -2.05. The summed E-state index contributed by atoms with van der Waals surface area (Å²) >= 11 is 12.2. The Bertz CT molecular complexity index is 792. The van der Waals surface area contributed by atoms with E-state index >= 15 is 0 Å². The first kappa shape index (κ1) is 16.1. The molecule has 0 spiro atoms. The molecule has 0 unspecified atom stereocenters. The molecule has 2 nitrogen and oxygen atoms in total. The van der Waals surface area contributed by atoms with Crippen molar-refractivity contribution in [2.75, 3.05) is 7.11 Å². The van der Waals surface area contributed by atoms with Crippen molar-refractivity contribution in [1.82, 2.24) is 0 Å². The number of nitrogens with zero attached hydrogens (tertiary/aromatic N) is 1. The highest BCUT2D eigenvalue weighted by atomic mass is 79.9. The molecule has 1 aromatic heterocycles. The van der Waals surface area contributed by atoms with Crippen molar-refractivity contribution in [1.29, 1.82) is 0 Å². The highest BCUT2D eigenvalue weighted by Crippen LogP contribution is 2.25. The second-order valence-corrected chi connectivity index (χ2v) is 5.25. The van der Waals surface area contributed by atoms with Crippen LogP contribution in [0.4, 0.5) is 0 Å². The molecule has 3 aromatic rings. The first-order chi connectivity index (χ1) is 9.69. The fraction of sp³-hybridized carbons (Fsp3) is 0.0625. The molecule has 3 rings (SSSR count). The number of halogens is 3. The van der Waals surface area contributed by atoms with Crippen molar-refractivity contribution in [3.63, 3.8) is 0 Å². The Hall–Kier alpha value is -1.29. The van der Waals surface area contributed by atoms with Crippen LogP contribution in [-0.2, 0) is 0 Å². The van der Waals surface area contributed by atoms with E-state index in [0.717, 1.165) is 22.2 Å². The van der Waals surface area contributed by atoms with Crippen LogP contribution in [-0.4, -0.2) is 7.11 Å². The maximum Gasteiger partial charge on any atom is 0.229 e. The number of methoxy groups -OCH3 is 1. The average Bonchev–Trinajstić information content (AvgIpc) is 2.46. The summed E-state index contributed by atoms with van der Waals surface area (Å²) in [5.74, 6) is 0.835. The molecule has 2 aromatic carbocycles. The Morgan fingerprint density at radius 2 is 1.86 bits per heavy atom. The van der Waals surface area contributed by atoms with E-state index in [-0.39, 0.29) is 17.0 Å². The van der Waals surface area contributed by atoms with Crippen molar-refractivity contribution >= 4 is 34.0 Å². The maximum atomic E-state index is 6.25. The molecule has 5 heteroatoms. The molecule has 1 heterocycles. The molecule has 0 fully saturated rings. The summed E-state index contributed by atoms with van der Waals surface area (Å²) < 4.78 is 7.36. The van der Waals surface area contributed by atoms with Crippen molar-refractivity contribution in [3.8, 4) is 11.4 Å². The second kappa shape index (κ2) is 6.65. The summed E-state index contributed by atoms with van der Waals surface area (Å²) in [6.45, 7) is 0. The molecule has 0 bridgehead atoms. The van der Waals surface area contributed by atoms with Gasteiger partial charge in [-0.2, -0.15) is 4.57 Å². The Morgan fingerprint density at radius 3 is 2.57 bits per heavy atom. The SMILES string of the molecule is COc1cccc2cc[n+](-c3ccc(Cl)cc3Cl)cc12.[Br-]. The summed E-state index contributed by atoms with van der Waals surface area (Å²) in [4.78, 5) is 0. The molecule has 0 aliphatic rings. The first-order valence-corrected chi connectivity index (χ1v) is 6.88. The van der Waals surface area contributed by atoms with Gasteiger partial charge in [-0.05, 0) is 23.6 Å². The van der Waals surface area contributed by atoms with Gasteiger partial charge in [-0.3, -0.25) is 0 Å². The minimum Gasteiger partial charge on any atom is -1.00 e. The van der Waals surface area contributed by atoms with Crippen molar-refractivity contribution in [2.45, 2.75) is 0 Å². The Labute approximate surface area is 143 Å². The van der Waals surface area contributed by atoms with Gasteiger partial charge in [-0.1, -0.05) is 35.3 Å². The third-order valence-electron chi connectivity index (χ3n) is 3.19. The predicted molar refractivity (Wildman–Crippen MR) is 82.1 cm³/mol. The van der Waals surface area contributed by atoms with Gasteiger partial charge < -0.3 is 21.7 Å². The second-order valence-electron chi connectivity index (χ2n) is 4.41. The third kappa shape index (κ3) is 3.15. The minimum absolute atomic E-state index is 0. The quantitative estimate of drug-likeness (QED) is 0.609. The van der Waals surface area contributed by atoms with Crippen molar-refractivity contribution in [2.24, 2.45) is 0 Å². The van der Waals surface area contributed by atoms with Gasteiger partial charge in [0.05, 0.1) is 12.5 Å². The van der Waals surface area contributed by atoms with Crippen LogP contribution in [0.3, 0.4) is 0 Å². The van der Waals surface area contributed by atoms with Gasteiger partial charge in [0.2, 0.25) is 5.69 Å². The van der Waals surface area contributed by atoms with Crippen LogP contribution in [0.1, 0.15) is 0 Å². The molecular formula is C16H12BrCl2NO. The van der Waals surface area contributed by atoms with Crippen molar-refractivity contribution < 1.29 is 26.3 Å². The van der Waals surface area contributed by atoms with Gasteiger partial charge in [-0.15, -0.1) is 0 Å². The van der Waals surface area contributed by atoms with Gasteiger partial charge >= 0.3 is 0 Å². The Kier molecular flexibility index (Phi) is 5.09. The van der Waals surface area contributed by atoms with E-state index in [1.807, 2.05) is 53.4 Å². The Morgan fingerprint density at radius 1 is 1.05 bits per heavy atom. The minimum atomic E-state index is 0. The predicted octanol–water partition coefficient (Wildman–Crippen LogP) is 1.44. The maximum absolute atomic E-state index is 6.25. The highest BCUT2D eigenvalue weighted by molar-refractivity contribution is 6.35. The normalized spacial score (nSPS) is 10.2. The number of rotatable bonds is 2. The van der Waals surface area contributed by atoms with Crippen LogP contribution in [0, 0.1) is 0 Å². The van der Waals surface area contributed by atoms with Crippen LogP contribution in [0.25, 0.3) is 16.5 Å². The van der Waals surface area contributed by atoms with E-state index in [2.05, 4.69) is 0 Å². The van der Waals surface area contributed by atoms with E-state index < -0.39 is 0 Å². The molecule has 0 radical (unpaired) electrons. The largest absolute Gasteiger partial charge is 1.00 e. The summed E-state index contributed by atoms with van der Waals surface area (Å²) in [6, 6.07) is 13.4. The number of hydrogen-bond donors (Lipinski definition) is 0. The molecule has 108 valence electrons. The number of ether oxygens (including phenoxy) is 1. The molecule has 0 saturated carbocycles. The third-order valence-corrected chi connectivity index (χ3v) is 3.73. The molecule has 0 aliphatic carbocycles. The van der Waals surface area contributed by atoms with Crippen LogP contribution < -0.4 is 26.3 Å². The average molecular weight is 385 g/mol. The standard InChI is InChI=1S/C16H12Cl2NO.BrH/c1-20-16-4-2-3-11-7-8-19(10-13(11)16)15-6-5-12(17)9-14(15)18;/h2-10H,1H3;1H/q+1;/p-1. The summed E-state index contributed by atoms with van der Waals surface area (Å²) in [5.41, 5.74) is 0.879. The lowest BCUT2D eigenvalue weighted by atomic mass is 10.1. The van der Waals surface area contributed by atoms with Gasteiger partial charge in [0, 0.05) is 17.2 Å². The van der Waals surface area contributed by atoms with E-state index in [0.29, 0.717) is 10.0 Å². The fourth-order valence-electron chi connectivity index (χ4n) is 2.21. The smallest absolute Gasteiger partial charge is 0.229 e. The zero-order chi connectivity index (χ0) is 14.1. The topological polar surface area (TPSA) is 13.1 Å². The lowest BCUT2D eigenvalue weighted by Crippen LogP contribution is -3.00. The number of aromatic nitrogens is 1. The van der Waals surface area contributed by atoms with E-state index in [1.165, 1.54) is 0 Å². The summed E-state index contributed by atoms with van der Waals surface area (Å²) in [6.07, 6.45) is 3.97. The van der Waals surface area contributed by atoms with Crippen LogP contribution >= 0.6 is 23.2 Å². The molecule has 0 N–H and O–H groups in total. The number of fused-ring (bicyclic) bond motifs is 1. The Balaban J connectivity index is 0.00000161. The fourth-order valence-corrected chi connectivity index (χ4v) is 2.71. The zero-order valence-corrected chi connectivity index (χ0v) is 14.3. The van der Waals surface area contributed by atoms with E-state index in [4.69, 9.17) is 27.9 Å². The highest BCUT2D eigenvalue weighted by Gasteiger charge is 2.14. The van der Waals surface area contributed by atoms with Gasteiger partial charge in [-0.25, -0.2) is 0 Å². The summed E-state index contributed by atoms with van der Waals surface area (Å²) in [7, 11) is 1.67. The molecule has 0 aliphatic heterocycles. The first-order valence-electron chi connectivity index (χ1n) is 6.12. The molecule has 0 amide bonds. The van der Waals surface area contributed by atoms with E-state index in [1.54, 1.807) is 13.2 Å². The number of hydrogen-bond acceptors (Lipinski definition) is 1. The van der Waals surface area contributed by atoms with Crippen LogP contribution in [0.15, 0.2) is 54.9 Å². The van der Waals surface area contributed by atoms with Crippen LogP contribution in [0.5, 0.6) is 5.75 Å². The molecule has 0 saturated heterocycles. The molecule has 21 heavy (non-hydrogen) atoms. The monoisotopic (exact) mass is 383 g/mol. The van der Waals surface area contributed by atoms with Gasteiger partial charge in [0.15, 0.2) is 12.4 Å². The van der Waals surface area contributed by atoms with E-state index in [9.17, 15) is 0 Å². The zero-order valence-electron chi connectivity index (χ0n) is 11.2. The van der Waals surface area contributed by atoms with Crippen molar-refractivity contribution in [3.05, 3.63) is 64.9 Å². The van der Waals surface area contributed by atoms with Gasteiger partial charge in [0.25, 0.3) is 0 Å².